The maximum absolute atomic E-state index is 14.4. The predicted octanol–water partition coefficient (Wildman–Crippen LogP) is 9.60. The zero-order chi connectivity index (χ0) is 52.1. The van der Waals surface area contributed by atoms with E-state index in [0.29, 0.717) is 63.4 Å². The Kier molecular flexibility index (Phi) is 21.0. The molecule has 2 saturated heterocycles. The second kappa shape index (κ2) is 25.9. The van der Waals surface area contributed by atoms with Crippen molar-refractivity contribution in [2.45, 2.75) is 115 Å². The first kappa shape index (κ1) is 61.5. The summed E-state index contributed by atoms with van der Waals surface area (Å²) in [4.78, 5) is 37.4. The van der Waals surface area contributed by atoms with E-state index in [2.05, 4.69) is 90.2 Å². The van der Waals surface area contributed by atoms with Crippen molar-refractivity contribution in [2.24, 2.45) is 22.7 Å². The lowest BCUT2D eigenvalue weighted by atomic mass is 9.97. The Morgan fingerprint density at radius 1 is 0.658 bits per heavy atom. The van der Waals surface area contributed by atoms with Gasteiger partial charge in [0.1, 0.15) is 5.82 Å². The average molecular weight is 1140 g/mol. The molecule has 6 heterocycles. The van der Waals surface area contributed by atoms with Gasteiger partial charge in [-0.3, -0.25) is 19.0 Å². The summed E-state index contributed by atoms with van der Waals surface area (Å²) in [5.74, 6) is 1.46. The van der Waals surface area contributed by atoms with Crippen LogP contribution in [0.1, 0.15) is 115 Å². The highest BCUT2D eigenvalue weighted by molar-refractivity contribution is 7.84. The molecule has 0 spiro atoms. The number of amides is 2. The number of nitrogens with zero attached hydrogens (tertiary/aromatic N) is 7. The number of hydrogen-bond donors (Lipinski definition) is 3. The number of aromatic nitrogens is 6. The molecule has 2 aromatic carbocycles. The van der Waals surface area contributed by atoms with Gasteiger partial charge in [-0.15, -0.1) is 22.6 Å². The van der Waals surface area contributed by atoms with Crippen LogP contribution in [0.15, 0.2) is 119 Å². The number of nitrogens with one attached hydrogen (secondary N) is 3. The van der Waals surface area contributed by atoms with E-state index in [1.54, 1.807) is 83.7 Å². The van der Waals surface area contributed by atoms with Crippen molar-refractivity contribution in [1.82, 2.24) is 44.3 Å². The van der Waals surface area contributed by atoms with E-state index in [9.17, 15) is 22.4 Å². The number of benzene rings is 2. The van der Waals surface area contributed by atoms with Crippen LogP contribution in [0, 0.1) is 28.6 Å². The van der Waals surface area contributed by atoms with Crippen LogP contribution in [0.3, 0.4) is 0 Å². The highest BCUT2D eigenvalue weighted by Crippen LogP contribution is 2.46. The topological polar surface area (TPSA) is 187 Å². The van der Waals surface area contributed by atoms with Crippen LogP contribution >= 0.6 is 39.4 Å². The predicted molar refractivity (Wildman–Crippen MR) is 308 cm³/mol. The highest BCUT2D eigenvalue weighted by Gasteiger charge is 2.41. The number of anilines is 1. The molecular weight excluding hydrogens is 1070 g/mol. The molecule has 4 aromatic heterocycles. The summed E-state index contributed by atoms with van der Waals surface area (Å²) < 4.78 is 58.9. The molecule has 2 unspecified atom stereocenters. The van der Waals surface area contributed by atoms with Gasteiger partial charge >= 0.3 is 0 Å². The zero-order valence-electron chi connectivity index (χ0n) is 44.3. The maximum Gasteiger partial charge on any atom is 0.267 e. The molecule has 2 amide bonds. The molecule has 6 aromatic rings. The van der Waals surface area contributed by atoms with Crippen LogP contribution < -0.4 is 29.1 Å². The van der Waals surface area contributed by atoms with Gasteiger partial charge in [0.25, 0.3) is 11.8 Å². The van der Waals surface area contributed by atoms with Crippen molar-refractivity contribution in [2.75, 3.05) is 31.2 Å². The Bertz CT molecular complexity index is 2960. The molecule has 2 aliphatic carbocycles. The van der Waals surface area contributed by atoms with E-state index in [0.717, 1.165) is 31.7 Å². The van der Waals surface area contributed by atoms with Gasteiger partial charge in [-0.2, -0.15) is 36.4 Å². The summed E-state index contributed by atoms with van der Waals surface area (Å²) in [7, 11) is -3.47. The van der Waals surface area contributed by atoms with Crippen molar-refractivity contribution >= 4 is 79.0 Å². The lowest BCUT2D eigenvalue weighted by molar-refractivity contribution is 0.0971. The molecule has 2 saturated carbocycles. The molecule has 16 nitrogen and oxygen atoms in total. The smallest absolute Gasteiger partial charge is 0.267 e. The Balaban J connectivity index is 0.000000240. The minimum absolute atomic E-state index is 0. The minimum Gasteiger partial charge on any atom is -0.476 e. The fourth-order valence-corrected chi connectivity index (χ4v) is 10.4. The molecule has 4 atom stereocenters. The standard InChI is InChI=1S/C27H33N5O3S.C20H19FN4O3S.C7H15N.ClH.2H2S/c1-19-16-26(2,3)31(17-19)24-21(25(33)30-36(34)20-8-6-5-7-9-20)10-11-22(28-24)32-15-12-23(29-32)35-18-27(4)13-14-27;1-20(10-11-20)13-28-17-9-12-25(23-17)16-8-7-15(18(21)22-16)19(26)24-29(27)14-5-3-2-4-6-14;1-6-4-7(2,3)8-5-6;;;/h5-12,15,19H,13-14,16-18H2,1-4H3,(H,30,33);2-9,12H,10-11,13H2,1H3,(H,24,26);6,8H,4-5H2,1-3H3;1H;2*1H2/t19-,36?;;6-;;;/m0.0.../s1. The van der Waals surface area contributed by atoms with Crippen LogP contribution in [0.2, 0.25) is 0 Å². The van der Waals surface area contributed by atoms with Gasteiger partial charge in [0.15, 0.2) is 33.6 Å². The molecule has 76 heavy (non-hydrogen) atoms. The molecule has 2 aliphatic heterocycles. The van der Waals surface area contributed by atoms with E-state index in [1.165, 1.54) is 42.6 Å². The summed E-state index contributed by atoms with van der Waals surface area (Å²) >= 11 is 0. The number of carbonyl (C=O) groups is 2. The monoisotopic (exact) mass is 1140 g/mol. The number of ether oxygens (including phenoxy) is 2. The molecule has 22 heteroatoms. The number of carbonyl (C=O) groups excluding carboxylic acids is 2. The molecule has 10 rings (SSSR count). The van der Waals surface area contributed by atoms with Crippen molar-refractivity contribution in [3.05, 3.63) is 127 Å². The molecule has 4 aliphatic rings. The highest BCUT2D eigenvalue weighted by atomic mass is 35.5. The normalized spacial score (nSPS) is 19.5. The first-order valence-electron chi connectivity index (χ1n) is 24.8. The van der Waals surface area contributed by atoms with Crippen LogP contribution in [-0.4, -0.2) is 87.1 Å². The van der Waals surface area contributed by atoms with E-state index in [-0.39, 0.29) is 67.1 Å². The number of pyridine rings is 2. The van der Waals surface area contributed by atoms with E-state index in [4.69, 9.17) is 14.5 Å². The van der Waals surface area contributed by atoms with Crippen LogP contribution in [-0.2, 0) is 22.0 Å². The molecular formula is C54H72ClFN10O6S4. The maximum atomic E-state index is 14.4. The third kappa shape index (κ3) is 16.4. The Hall–Kier alpha value is -5.32. The number of rotatable bonds is 15. The van der Waals surface area contributed by atoms with E-state index >= 15 is 0 Å². The largest absolute Gasteiger partial charge is 0.476 e. The SMILES string of the molecule is CC1(COc2ccn(-c3ccc(C(=O)NS(=O)c4ccccc4)c(F)n3)n2)CC1.C[C@@H]1CN(c2nc(-n3ccc(OCC4(C)CC4)n3)ccc2C(=O)NS(=O)c2ccccc2)C(C)(C)C1.C[C@@H]1CNC(C)(C)C1.Cl.S.S. The molecule has 4 fully saturated rings. The Morgan fingerprint density at radius 3 is 1.51 bits per heavy atom. The summed E-state index contributed by atoms with van der Waals surface area (Å²) in [6.07, 6.45) is 10.4. The Morgan fingerprint density at radius 2 is 1.12 bits per heavy atom. The van der Waals surface area contributed by atoms with Gasteiger partial charge in [-0.05, 0) is 133 Å². The average Bonchev–Trinajstić information content (AvgIpc) is 3.96. The van der Waals surface area contributed by atoms with Crippen LogP contribution in [0.25, 0.3) is 11.6 Å². The van der Waals surface area contributed by atoms with Gasteiger partial charge in [0.05, 0.1) is 34.1 Å². The fraction of sp³-hybridized carbons (Fsp3) is 0.444. The Labute approximate surface area is 471 Å². The van der Waals surface area contributed by atoms with Gasteiger partial charge in [-0.1, -0.05) is 64.1 Å². The third-order valence-electron chi connectivity index (χ3n) is 13.5. The second-order valence-electron chi connectivity index (χ2n) is 21.8. The summed E-state index contributed by atoms with van der Waals surface area (Å²) in [6.45, 7) is 20.9. The molecule has 3 N–H and O–H groups in total. The van der Waals surface area contributed by atoms with Gasteiger partial charge in [0, 0.05) is 53.0 Å². The quantitative estimate of drug-likeness (QED) is 0.0828. The lowest BCUT2D eigenvalue weighted by Gasteiger charge is -2.34. The summed E-state index contributed by atoms with van der Waals surface area (Å²) in [5.41, 5.74) is 0.806. The first-order valence-corrected chi connectivity index (χ1v) is 27.1. The second-order valence-corrected chi connectivity index (χ2v) is 24.2. The van der Waals surface area contributed by atoms with Crippen LogP contribution in [0.4, 0.5) is 10.2 Å². The van der Waals surface area contributed by atoms with Crippen molar-refractivity contribution in [1.29, 1.82) is 0 Å². The number of hydrogen-bond acceptors (Lipinski definition) is 12. The van der Waals surface area contributed by atoms with Crippen molar-refractivity contribution in [3.8, 4) is 23.4 Å². The molecule has 0 radical (unpaired) electrons. The first-order chi connectivity index (χ1) is 34.7. The van der Waals surface area contributed by atoms with Crippen molar-refractivity contribution < 1.29 is 31.9 Å². The summed E-state index contributed by atoms with van der Waals surface area (Å²) in [5, 5.41) is 12.2. The van der Waals surface area contributed by atoms with Crippen LogP contribution in [0.5, 0.6) is 11.8 Å². The number of halogens is 2. The van der Waals surface area contributed by atoms with Crippen molar-refractivity contribution in [3.63, 3.8) is 0 Å². The lowest BCUT2D eigenvalue weighted by Crippen LogP contribution is -2.40. The molecule has 0 bridgehead atoms. The van der Waals surface area contributed by atoms with Gasteiger partial charge in [-0.25, -0.2) is 22.8 Å². The third-order valence-corrected chi connectivity index (χ3v) is 15.7. The zero-order valence-corrected chi connectivity index (χ0v) is 48.8. The minimum atomic E-state index is -1.79. The van der Waals surface area contributed by atoms with E-state index < -0.39 is 39.7 Å². The van der Waals surface area contributed by atoms with Gasteiger partial charge in [0.2, 0.25) is 17.7 Å². The summed E-state index contributed by atoms with van der Waals surface area (Å²) in [6, 6.07) is 27.0. The molecule has 412 valence electrons. The van der Waals surface area contributed by atoms with Gasteiger partial charge < -0.3 is 19.7 Å². The fourth-order valence-electron chi connectivity index (χ4n) is 8.82. The van der Waals surface area contributed by atoms with E-state index in [1.807, 2.05) is 18.3 Å².